The highest BCUT2D eigenvalue weighted by Gasteiger charge is 2.07. The number of carbonyl (C=O) groups excluding carboxylic acids is 1. The number of hydrogen-bond acceptors (Lipinski definition) is 1. The van der Waals surface area contributed by atoms with E-state index in [2.05, 4.69) is 5.92 Å². The molecule has 18 heavy (non-hydrogen) atoms. The van der Waals surface area contributed by atoms with Gasteiger partial charge in [-0.05, 0) is 30.2 Å². The summed E-state index contributed by atoms with van der Waals surface area (Å²) in [7, 11) is 0. The molecular formula is C15H16ClNO. The lowest BCUT2D eigenvalue weighted by Crippen LogP contribution is -2.30. The van der Waals surface area contributed by atoms with E-state index in [1.54, 1.807) is 23.1 Å². The number of halogens is 1. The van der Waals surface area contributed by atoms with Gasteiger partial charge < -0.3 is 4.90 Å². The molecule has 0 spiro atoms. The first-order valence-corrected chi connectivity index (χ1v) is 6.21. The molecule has 0 aliphatic rings. The number of carbonyl (C=O) groups is 1. The van der Waals surface area contributed by atoms with Crippen molar-refractivity contribution in [3.63, 3.8) is 0 Å². The molecule has 1 rings (SSSR count). The maximum absolute atomic E-state index is 11.9. The predicted molar refractivity (Wildman–Crippen MR) is 76.2 cm³/mol. The van der Waals surface area contributed by atoms with Crippen LogP contribution in [0, 0.1) is 12.3 Å². The van der Waals surface area contributed by atoms with E-state index in [1.807, 2.05) is 19.1 Å². The first kappa shape index (κ1) is 14.3. The number of nitrogens with zero attached hydrogens (tertiary/aromatic N) is 1. The van der Waals surface area contributed by atoms with E-state index in [4.69, 9.17) is 18.0 Å². The molecule has 0 saturated heterocycles. The van der Waals surface area contributed by atoms with Gasteiger partial charge in [-0.1, -0.05) is 36.6 Å². The Hall–Kier alpha value is -1.72. The van der Waals surface area contributed by atoms with Crippen LogP contribution in [0.3, 0.4) is 0 Å². The van der Waals surface area contributed by atoms with E-state index >= 15 is 0 Å². The van der Waals surface area contributed by atoms with Crippen LogP contribution in [0.1, 0.15) is 18.9 Å². The Morgan fingerprint density at radius 2 is 2.11 bits per heavy atom. The smallest absolute Gasteiger partial charge is 0.247 e. The standard InChI is InChI=1S/C15H16ClNO/c1-3-11-17(12-4-2)15(18)10-7-13-5-8-14(16)9-6-13/h1,5-10H,4,11-12H2,2H3/b10-7+. The molecule has 0 atom stereocenters. The van der Waals surface area contributed by atoms with Crippen molar-refractivity contribution >= 4 is 23.6 Å². The van der Waals surface area contributed by atoms with E-state index in [0.29, 0.717) is 18.1 Å². The van der Waals surface area contributed by atoms with Gasteiger partial charge in [0.15, 0.2) is 0 Å². The Kier molecular flexibility index (Phi) is 6.04. The number of amides is 1. The quantitative estimate of drug-likeness (QED) is 0.589. The van der Waals surface area contributed by atoms with Gasteiger partial charge in [-0.3, -0.25) is 4.79 Å². The highest BCUT2D eigenvalue weighted by Crippen LogP contribution is 2.10. The van der Waals surface area contributed by atoms with Crippen LogP contribution in [-0.4, -0.2) is 23.9 Å². The summed E-state index contributed by atoms with van der Waals surface area (Å²) in [5.74, 6) is 2.43. The molecule has 1 aromatic carbocycles. The average molecular weight is 262 g/mol. The van der Waals surface area contributed by atoms with E-state index in [1.165, 1.54) is 6.08 Å². The van der Waals surface area contributed by atoms with Gasteiger partial charge in [-0.15, -0.1) is 6.42 Å². The summed E-state index contributed by atoms with van der Waals surface area (Å²) in [4.78, 5) is 13.5. The minimum atomic E-state index is -0.0650. The zero-order valence-corrected chi connectivity index (χ0v) is 11.2. The van der Waals surface area contributed by atoms with Crippen molar-refractivity contribution in [3.05, 3.63) is 40.9 Å². The third-order valence-corrected chi connectivity index (χ3v) is 2.63. The predicted octanol–water partition coefficient (Wildman–Crippen LogP) is 3.23. The van der Waals surface area contributed by atoms with Gasteiger partial charge >= 0.3 is 0 Å². The fourth-order valence-corrected chi connectivity index (χ4v) is 1.62. The van der Waals surface area contributed by atoms with Gasteiger partial charge in [0.2, 0.25) is 5.91 Å². The van der Waals surface area contributed by atoms with Crippen molar-refractivity contribution in [3.8, 4) is 12.3 Å². The van der Waals surface area contributed by atoms with Crippen molar-refractivity contribution in [1.82, 2.24) is 4.90 Å². The van der Waals surface area contributed by atoms with Gasteiger partial charge in [-0.2, -0.15) is 0 Å². The SMILES string of the molecule is C#CCN(CCC)C(=O)/C=C/c1ccc(Cl)cc1. The Balaban J connectivity index is 2.67. The fraction of sp³-hybridized carbons (Fsp3) is 0.267. The Bertz CT molecular complexity index is 456. The van der Waals surface area contributed by atoms with Crippen LogP contribution in [-0.2, 0) is 4.79 Å². The lowest BCUT2D eigenvalue weighted by atomic mass is 10.2. The van der Waals surface area contributed by atoms with Crippen LogP contribution in [0.5, 0.6) is 0 Å². The maximum Gasteiger partial charge on any atom is 0.247 e. The second-order valence-electron chi connectivity index (χ2n) is 3.85. The Morgan fingerprint density at radius 1 is 1.44 bits per heavy atom. The van der Waals surface area contributed by atoms with Crippen molar-refractivity contribution in [2.24, 2.45) is 0 Å². The van der Waals surface area contributed by atoms with Crippen LogP contribution >= 0.6 is 11.6 Å². The van der Waals surface area contributed by atoms with E-state index in [9.17, 15) is 4.79 Å². The van der Waals surface area contributed by atoms with Gasteiger partial charge in [0, 0.05) is 17.6 Å². The van der Waals surface area contributed by atoms with Gasteiger partial charge in [0.1, 0.15) is 0 Å². The van der Waals surface area contributed by atoms with Crippen LogP contribution in [0.25, 0.3) is 6.08 Å². The zero-order valence-electron chi connectivity index (χ0n) is 10.4. The van der Waals surface area contributed by atoms with Crippen LogP contribution in [0.15, 0.2) is 30.3 Å². The van der Waals surface area contributed by atoms with Crippen LogP contribution in [0.4, 0.5) is 0 Å². The zero-order chi connectivity index (χ0) is 13.4. The average Bonchev–Trinajstić information content (AvgIpc) is 2.37. The van der Waals surface area contributed by atoms with Crippen molar-refractivity contribution in [1.29, 1.82) is 0 Å². The summed E-state index contributed by atoms with van der Waals surface area (Å²) in [6, 6.07) is 7.29. The molecule has 94 valence electrons. The first-order valence-electron chi connectivity index (χ1n) is 5.83. The summed E-state index contributed by atoms with van der Waals surface area (Å²) >= 11 is 5.79. The topological polar surface area (TPSA) is 20.3 Å². The monoisotopic (exact) mass is 261 g/mol. The molecule has 2 nitrogen and oxygen atoms in total. The molecule has 3 heteroatoms. The number of terminal acetylenes is 1. The van der Waals surface area contributed by atoms with Crippen molar-refractivity contribution in [2.75, 3.05) is 13.1 Å². The van der Waals surface area contributed by atoms with E-state index in [-0.39, 0.29) is 5.91 Å². The van der Waals surface area contributed by atoms with Gasteiger partial charge in [0.05, 0.1) is 6.54 Å². The molecule has 0 radical (unpaired) electrons. The maximum atomic E-state index is 11.9. The summed E-state index contributed by atoms with van der Waals surface area (Å²) < 4.78 is 0. The largest absolute Gasteiger partial charge is 0.328 e. The van der Waals surface area contributed by atoms with Crippen LogP contribution < -0.4 is 0 Å². The van der Waals surface area contributed by atoms with E-state index in [0.717, 1.165) is 12.0 Å². The Morgan fingerprint density at radius 3 is 2.67 bits per heavy atom. The molecular weight excluding hydrogens is 246 g/mol. The molecule has 0 aliphatic carbocycles. The second kappa shape index (κ2) is 7.58. The fourth-order valence-electron chi connectivity index (χ4n) is 1.49. The third kappa shape index (κ3) is 4.65. The van der Waals surface area contributed by atoms with E-state index < -0.39 is 0 Å². The number of rotatable bonds is 5. The molecule has 0 aromatic heterocycles. The van der Waals surface area contributed by atoms with Crippen molar-refractivity contribution < 1.29 is 4.79 Å². The minimum Gasteiger partial charge on any atom is -0.328 e. The third-order valence-electron chi connectivity index (χ3n) is 2.38. The normalized spacial score (nSPS) is 10.3. The lowest BCUT2D eigenvalue weighted by Gasteiger charge is -2.17. The molecule has 0 N–H and O–H groups in total. The second-order valence-corrected chi connectivity index (χ2v) is 4.29. The summed E-state index contributed by atoms with van der Waals surface area (Å²) in [6.45, 7) is 3.03. The number of hydrogen-bond donors (Lipinski definition) is 0. The number of benzene rings is 1. The molecule has 1 amide bonds. The summed E-state index contributed by atoms with van der Waals surface area (Å²) in [5.41, 5.74) is 0.935. The molecule has 0 heterocycles. The molecule has 0 saturated carbocycles. The molecule has 0 fully saturated rings. The van der Waals surface area contributed by atoms with Crippen LogP contribution in [0.2, 0.25) is 5.02 Å². The Labute approximate surface area is 113 Å². The van der Waals surface area contributed by atoms with Crippen molar-refractivity contribution in [2.45, 2.75) is 13.3 Å². The highest BCUT2D eigenvalue weighted by atomic mass is 35.5. The first-order chi connectivity index (χ1) is 8.67. The highest BCUT2D eigenvalue weighted by molar-refractivity contribution is 6.30. The minimum absolute atomic E-state index is 0.0650. The molecule has 0 bridgehead atoms. The molecule has 0 unspecified atom stereocenters. The van der Waals surface area contributed by atoms with Gasteiger partial charge in [0.25, 0.3) is 0 Å². The van der Waals surface area contributed by atoms with Gasteiger partial charge in [-0.25, -0.2) is 0 Å². The lowest BCUT2D eigenvalue weighted by molar-refractivity contribution is -0.125. The molecule has 0 aliphatic heterocycles. The summed E-state index contributed by atoms with van der Waals surface area (Å²) in [6.07, 6.45) is 9.43. The summed E-state index contributed by atoms with van der Waals surface area (Å²) in [5, 5.41) is 0.679. The molecule has 1 aromatic rings.